The fraction of sp³-hybridized carbons (Fsp3) is 0.333. The second kappa shape index (κ2) is 10.2. The van der Waals surface area contributed by atoms with Crippen LogP contribution in [0, 0.1) is 5.92 Å². The molecule has 0 saturated carbocycles. The first-order valence-electron chi connectivity index (χ1n) is 10.4. The molecular weight excluding hydrogens is 376 g/mol. The molecule has 0 saturated heterocycles. The van der Waals surface area contributed by atoms with Crippen molar-refractivity contribution in [1.29, 1.82) is 0 Å². The van der Waals surface area contributed by atoms with E-state index in [4.69, 9.17) is 10.2 Å². The van der Waals surface area contributed by atoms with Gasteiger partial charge in [-0.1, -0.05) is 51.1 Å². The molecule has 0 spiro atoms. The Morgan fingerprint density at radius 3 is 2.70 bits per heavy atom. The molecule has 2 heterocycles. The third-order valence-corrected chi connectivity index (χ3v) is 5.18. The standard InChI is InChI=1S/C24H30N4O2/c1-4-27(14-12-18(2)3)17-21-24(20-8-6-5-7-9-20)25-22-16-19(13-15-28(21)22)10-11-23(29)26-30/h5-11,13,15-16,18,30H,4,12,14,17H2,1-3H3,(H,26,29)/b11-10+. The fourth-order valence-corrected chi connectivity index (χ4v) is 3.40. The van der Waals surface area contributed by atoms with Crippen LogP contribution < -0.4 is 5.48 Å². The van der Waals surface area contributed by atoms with Gasteiger partial charge in [0.1, 0.15) is 5.65 Å². The monoisotopic (exact) mass is 406 g/mol. The van der Waals surface area contributed by atoms with Crippen molar-refractivity contribution in [1.82, 2.24) is 19.8 Å². The van der Waals surface area contributed by atoms with Gasteiger partial charge in [-0.3, -0.25) is 14.9 Å². The lowest BCUT2D eigenvalue weighted by atomic mass is 10.1. The molecule has 0 bridgehead atoms. The third-order valence-electron chi connectivity index (χ3n) is 5.18. The number of amides is 1. The summed E-state index contributed by atoms with van der Waals surface area (Å²) < 4.78 is 2.13. The van der Waals surface area contributed by atoms with Gasteiger partial charge in [-0.05, 0) is 49.2 Å². The van der Waals surface area contributed by atoms with E-state index in [1.807, 2.05) is 36.5 Å². The zero-order valence-corrected chi connectivity index (χ0v) is 17.9. The van der Waals surface area contributed by atoms with Crippen molar-refractivity contribution in [3.05, 3.63) is 66.0 Å². The molecule has 0 radical (unpaired) electrons. The second-order valence-corrected chi connectivity index (χ2v) is 7.82. The number of hydrogen-bond donors (Lipinski definition) is 2. The number of hydrogen-bond acceptors (Lipinski definition) is 4. The van der Waals surface area contributed by atoms with E-state index in [2.05, 4.69) is 42.2 Å². The van der Waals surface area contributed by atoms with Gasteiger partial charge >= 0.3 is 0 Å². The molecule has 2 N–H and O–H groups in total. The smallest absolute Gasteiger partial charge is 0.267 e. The number of pyridine rings is 1. The summed E-state index contributed by atoms with van der Waals surface area (Å²) in [6, 6.07) is 14.1. The molecule has 158 valence electrons. The van der Waals surface area contributed by atoms with Crippen molar-refractivity contribution in [2.24, 2.45) is 5.92 Å². The van der Waals surface area contributed by atoms with Crippen LogP contribution in [0.5, 0.6) is 0 Å². The van der Waals surface area contributed by atoms with E-state index in [0.717, 1.165) is 54.2 Å². The summed E-state index contributed by atoms with van der Waals surface area (Å²) in [5, 5.41) is 8.66. The van der Waals surface area contributed by atoms with Crippen LogP contribution in [0.1, 0.15) is 38.4 Å². The number of nitrogens with zero attached hydrogens (tertiary/aromatic N) is 3. The van der Waals surface area contributed by atoms with Gasteiger partial charge in [0.05, 0.1) is 11.4 Å². The molecule has 0 unspecified atom stereocenters. The topological polar surface area (TPSA) is 69.9 Å². The molecule has 1 amide bonds. The van der Waals surface area contributed by atoms with Crippen molar-refractivity contribution >= 4 is 17.6 Å². The lowest BCUT2D eigenvalue weighted by Crippen LogP contribution is -2.26. The number of hydroxylamine groups is 1. The van der Waals surface area contributed by atoms with Gasteiger partial charge in [-0.15, -0.1) is 0 Å². The van der Waals surface area contributed by atoms with Crippen LogP contribution >= 0.6 is 0 Å². The molecule has 0 atom stereocenters. The maximum atomic E-state index is 11.3. The van der Waals surface area contributed by atoms with Crippen molar-refractivity contribution in [3.63, 3.8) is 0 Å². The van der Waals surface area contributed by atoms with E-state index in [1.54, 1.807) is 11.6 Å². The van der Waals surface area contributed by atoms with Crippen LogP contribution in [0.25, 0.3) is 23.0 Å². The zero-order chi connectivity index (χ0) is 21.5. The number of carbonyl (C=O) groups excluding carboxylic acids is 1. The third kappa shape index (κ3) is 5.34. The van der Waals surface area contributed by atoms with Crippen molar-refractivity contribution in [2.45, 2.75) is 33.7 Å². The van der Waals surface area contributed by atoms with Gasteiger partial charge in [0.2, 0.25) is 0 Å². The zero-order valence-electron chi connectivity index (χ0n) is 17.9. The highest BCUT2D eigenvalue weighted by molar-refractivity contribution is 5.91. The molecule has 3 rings (SSSR count). The molecule has 0 aliphatic carbocycles. The highest BCUT2D eigenvalue weighted by Gasteiger charge is 2.17. The lowest BCUT2D eigenvalue weighted by Gasteiger charge is -2.22. The predicted octanol–water partition coefficient (Wildman–Crippen LogP) is 4.39. The number of carbonyl (C=O) groups is 1. The summed E-state index contributed by atoms with van der Waals surface area (Å²) in [6.07, 6.45) is 6.10. The van der Waals surface area contributed by atoms with Gasteiger partial charge < -0.3 is 4.40 Å². The Labute approximate surface area is 177 Å². The molecule has 6 heteroatoms. The summed E-state index contributed by atoms with van der Waals surface area (Å²) >= 11 is 0. The number of nitrogens with one attached hydrogen (secondary N) is 1. The fourth-order valence-electron chi connectivity index (χ4n) is 3.40. The highest BCUT2D eigenvalue weighted by Crippen LogP contribution is 2.26. The van der Waals surface area contributed by atoms with Crippen LogP contribution in [-0.4, -0.2) is 38.5 Å². The number of rotatable bonds is 9. The first kappa shape index (κ1) is 21.7. The van der Waals surface area contributed by atoms with Crippen LogP contribution in [0.3, 0.4) is 0 Å². The summed E-state index contributed by atoms with van der Waals surface area (Å²) in [5.41, 5.74) is 6.50. The van der Waals surface area contributed by atoms with E-state index in [0.29, 0.717) is 5.92 Å². The predicted molar refractivity (Wildman–Crippen MR) is 120 cm³/mol. The van der Waals surface area contributed by atoms with Crippen LogP contribution in [-0.2, 0) is 11.3 Å². The van der Waals surface area contributed by atoms with E-state index < -0.39 is 5.91 Å². The second-order valence-electron chi connectivity index (χ2n) is 7.82. The average molecular weight is 407 g/mol. The molecular formula is C24H30N4O2. The maximum absolute atomic E-state index is 11.3. The van der Waals surface area contributed by atoms with Gasteiger partial charge in [0.15, 0.2) is 0 Å². The minimum absolute atomic E-state index is 0.562. The molecule has 0 fully saturated rings. The van der Waals surface area contributed by atoms with E-state index in [1.165, 1.54) is 6.08 Å². The summed E-state index contributed by atoms with van der Waals surface area (Å²) in [5.74, 6) is 0.105. The van der Waals surface area contributed by atoms with Gasteiger partial charge in [-0.25, -0.2) is 10.5 Å². The van der Waals surface area contributed by atoms with Gasteiger partial charge in [-0.2, -0.15) is 0 Å². The molecule has 30 heavy (non-hydrogen) atoms. The first-order chi connectivity index (χ1) is 14.5. The average Bonchev–Trinajstić information content (AvgIpc) is 3.12. The molecule has 0 aliphatic heterocycles. The molecule has 0 aliphatic rings. The minimum Gasteiger partial charge on any atom is -0.302 e. The summed E-state index contributed by atoms with van der Waals surface area (Å²) in [6.45, 7) is 9.54. The molecule has 1 aromatic carbocycles. The lowest BCUT2D eigenvalue weighted by molar-refractivity contribution is -0.124. The van der Waals surface area contributed by atoms with Crippen LogP contribution in [0.4, 0.5) is 0 Å². The van der Waals surface area contributed by atoms with Gasteiger partial charge in [0, 0.05) is 24.4 Å². The Balaban J connectivity index is 2.01. The van der Waals surface area contributed by atoms with E-state index >= 15 is 0 Å². The molecule has 2 aromatic heterocycles. The number of aromatic nitrogens is 2. The van der Waals surface area contributed by atoms with Crippen molar-refractivity contribution < 1.29 is 10.0 Å². The number of imidazole rings is 1. The summed E-state index contributed by atoms with van der Waals surface area (Å²) in [7, 11) is 0. The highest BCUT2D eigenvalue weighted by atomic mass is 16.5. The van der Waals surface area contributed by atoms with E-state index in [-0.39, 0.29) is 0 Å². The Morgan fingerprint density at radius 2 is 2.03 bits per heavy atom. The Bertz CT molecular complexity index is 1010. The van der Waals surface area contributed by atoms with Crippen molar-refractivity contribution in [3.8, 4) is 11.3 Å². The number of fused-ring (bicyclic) bond motifs is 1. The molecule has 6 nitrogen and oxygen atoms in total. The largest absolute Gasteiger partial charge is 0.302 e. The minimum atomic E-state index is -0.562. The maximum Gasteiger partial charge on any atom is 0.267 e. The SMILES string of the molecule is CCN(CCC(C)C)Cc1c(-c2ccccc2)nc2cc(/C=C/C(=O)NO)ccn12. The number of benzene rings is 1. The normalized spacial score (nSPS) is 11.8. The Kier molecular flexibility index (Phi) is 7.38. The quantitative estimate of drug-likeness (QED) is 0.314. The van der Waals surface area contributed by atoms with Gasteiger partial charge in [0.25, 0.3) is 5.91 Å². The first-order valence-corrected chi connectivity index (χ1v) is 10.4. The van der Waals surface area contributed by atoms with Crippen LogP contribution in [0.2, 0.25) is 0 Å². The van der Waals surface area contributed by atoms with Crippen molar-refractivity contribution in [2.75, 3.05) is 13.1 Å². The Morgan fingerprint density at radius 1 is 1.27 bits per heavy atom. The van der Waals surface area contributed by atoms with Crippen LogP contribution in [0.15, 0.2) is 54.7 Å². The molecule has 3 aromatic rings. The Hall–Kier alpha value is -2.96. The van der Waals surface area contributed by atoms with E-state index in [9.17, 15) is 4.79 Å². The summed E-state index contributed by atoms with van der Waals surface area (Å²) in [4.78, 5) is 18.7.